The van der Waals surface area contributed by atoms with Crippen LogP contribution in [0.2, 0.25) is 0 Å². The topological polar surface area (TPSA) is 51.0 Å². The van der Waals surface area contributed by atoms with Crippen molar-refractivity contribution >= 4 is 11.0 Å². The van der Waals surface area contributed by atoms with Crippen LogP contribution < -0.4 is 5.32 Å². The molecule has 1 fully saturated rings. The van der Waals surface area contributed by atoms with Crippen LogP contribution in [0.1, 0.15) is 17.4 Å². The van der Waals surface area contributed by atoms with Gasteiger partial charge >= 0.3 is 0 Å². The van der Waals surface area contributed by atoms with Crippen molar-refractivity contribution < 1.29 is 4.42 Å². The summed E-state index contributed by atoms with van der Waals surface area (Å²) >= 11 is 0. The van der Waals surface area contributed by atoms with Crippen LogP contribution in [-0.2, 0) is 0 Å². The molecule has 2 aromatic heterocycles. The number of hydrogen-bond acceptors (Lipinski definition) is 4. The number of benzene rings is 1. The summed E-state index contributed by atoms with van der Waals surface area (Å²) in [5.41, 5.74) is 3.89. The van der Waals surface area contributed by atoms with E-state index < -0.39 is 0 Å². The second-order valence-corrected chi connectivity index (χ2v) is 5.25. The molecule has 0 saturated carbocycles. The summed E-state index contributed by atoms with van der Waals surface area (Å²) in [6.45, 7) is 3.95. The largest absolute Gasteiger partial charge is 0.464 e. The minimum absolute atomic E-state index is 0.437. The molecule has 1 aliphatic rings. The number of furan rings is 1. The van der Waals surface area contributed by atoms with Gasteiger partial charge in [0.2, 0.25) is 0 Å². The summed E-state index contributed by atoms with van der Waals surface area (Å²) < 4.78 is 5.61. The van der Waals surface area contributed by atoms with E-state index in [2.05, 4.69) is 16.4 Å². The number of para-hydroxylation sites is 1. The monoisotopic (exact) mass is 265 g/mol. The summed E-state index contributed by atoms with van der Waals surface area (Å²) in [6.07, 6.45) is 1.79. The lowest BCUT2D eigenvalue weighted by Gasteiger charge is -2.26. The highest BCUT2D eigenvalue weighted by Crippen LogP contribution is 2.30. The fourth-order valence-electron chi connectivity index (χ4n) is 2.56. The van der Waals surface area contributed by atoms with Gasteiger partial charge in [0.25, 0.3) is 0 Å². The Morgan fingerprint density at radius 1 is 1.20 bits per heavy atom. The number of hydrogen-bond donors (Lipinski definition) is 1. The van der Waals surface area contributed by atoms with Crippen LogP contribution in [0.3, 0.4) is 0 Å². The number of nitrogens with one attached hydrogen (secondary N) is 1. The molecule has 4 rings (SSSR count). The van der Waals surface area contributed by atoms with Gasteiger partial charge in [0.15, 0.2) is 0 Å². The standard InChI is InChI=1S/C16H15N3O/c1-10-6-14(19-16(18-10)11-7-17-8-11)13-9-20-15-5-3-2-4-12(13)15/h2-6,9,11,17H,7-8H2,1H3. The molecule has 1 aliphatic heterocycles. The van der Waals surface area contributed by atoms with Gasteiger partial charge in [-0.25, -0.2) is 9.97 Å². The smallest absolute Gasteiger partial charge is 0.134 e. The zero-order valence-corrected chi connectivity index (χ0v) is 11.3. The number of aryl methyl sites for hydroxylation is 1. The van der Waals surface area contributed by atoms with Gasteiger partial charge in [-0.15, -0.1) is 0 Å². The molecule has 4 nitrogen and oxygen atoms in total. The van der Waals surface area contributed by atoms with Gasteiger partial charge in [-0.3, -0.25) is 0 Å². The van der Waals surface area contributed by atoms with Crippen LogP contribution in [0.25, 0.3) is 22.2 Å². The van der Waals surface area contributed by atoms with Gasteiger partial charge in [-0.1, -0.05) is 18.2 Å². The van der Waals surface area contributed by atoms with Crippen LogP contribution in [0.15, 0.2) is 41.0 Å². The number of fused-ring (bicyclic) bond motifs is 1. The van der Waals surface area contributed by atoms with E-state index in [1.807, 2.05) is 31.2 Å². The molecule has 3 aromatic rings. The Bertz CT molecular complexity index is 774. The Kier molecular flexibility index (Phi) is 2.57. The maximum atomic E-state index is 5.61. The third-order valence-corrected chi connectivity index (χ3v) is 3.78. The lowest BCUT2D eigenvalue weighted by molar-refractivity contribution is 0.429. The van der Waals surface area contributed by atoms with Crippen molar-refractivity contribution in [3.63, 3.8) is 0 Å². The summed E-state index contributed by atoms with van der Waals surface area (Å²) in [4.78, 5) is 9.30. The van der Waals surface area contributed by atoms with Crippen LogP contribution >= 0.6 is 0 Å². The van der Waals surface area contributed by atoms with Crippen molar-refractivity contribution in [1.82, 2.24) is 15.3 Å². The summed E-state index contributed by atoms with van der Waals surface area (Å²) in [7, 11) is 0. The summed E-state index contributed by atoms with van der Waals surface area (Å²) in [5, 5.41) is 4.36. The lowest BCUT2D eigenvalue weighted by Crippen LogP contribution is -2.41. The maximum Gasteiger partial charge on any atom is 0.134 e. The van der Waals surface area contributed by atoms with Crippen LogP contribution in [0.5, 0.6) is 0 Å². The van der Waals surface area contributed by atoms with Crippen molar-refractivity contribution in [3.05, 3.63) is 48.1 Å². The van der Waals surface area contributed by atoms with Gasteiger partial charge in [0.1, 0.15) is 17.7 Å². The SMILES string of the molecule is Cc1cc(-c2coc3ccccc23)nc(C2CNC2)n1. The van der Waals surface area contributed by atoms with E-state index in [0.29, 0.717) is 5.92 Å². The number of rotatable bonds is 2. The van der Waals surface area contributed by atoms with E-state index in [1.165, 1.54) is 0 Å². The minimum Gasteiger partial charge on any atom is -0.464 e. The van der Waals surface area contributed by atoms with Gasteiger partial charge in [0.05, 0.1) is 5.69 Å². The van der Waals surface area contributed by atoms with Crippen molar-refractivity contribution in [3.8, 4) is 11.3 Å². The second kappa shape index (κ2) is 4.42. The Hall–Kier alpha value is -2.20. The van der Waals surface area contributed by atoms with Crippen molar-refractivity contribution in [2.24, 2.45) is 0 Å². The van der Waals surface area contributed by atoms with Crippen LogP contribution in [-0.4, -0.2) is 23.1 Å². The van der Waals surface area contributed by atoms with Gasteiger partial charge in [0, 0.05) is 35.7 Å². The van der Waals surface area contributed by atoms with E-state index in [0.717, 1.165) is 46.8 Å². The first-order valence-corrected chi connectivity index (χ1v) is 6.84. The van der Waals surface area contributed by atoms with Gasteiger partial charge in [-0.2, -0.15) is 0 Å². The van der Waals surface area contributed by atoms with Crippen LogP contribution in [0, 0.1) is 6.92 Å². The van der Waals surface area contributed by atoms with E-state index in [-0.39, 0.29) is 0 Å². The van der Waals surface area contributed by atoms with Gasteiger partial charge in [-0.05, 0) is 19.1 Å². The molecule has 3 heterocycles. The Labute approximate surface area is 116 Å². The average Bonchev–Trinajstić information content (AvgIpc) is 2.79. The molecule has 1 aromatic carbocycles. The van der Waals surface area contributed by atoms with Crippen molar-refractivity contribution in [2.75, 3.05) is 13.1 Å². The predicted molar refractivity (Wildman–Crippen MR) is 77.6 cm³/mol. The normalized spacial score (nSPS) is 15.4. The highest BCUT2D eigenvalue weighted by molar-refractivity contribution is 5.92. The summed E-state index contributed by atoms with van der Waals surface area (Å²) in [6, 6.07) is 10.1. The molecule has 0 bridgehead atoms. The molecule has 0 radical (unpaired) electrons. The minimum atomic E-state index is 0.437. The highest BCUT2D eigenvalue weighted by Gasteiger charge is 2.23. The molecule has 0 unspecified atom stereocenters. The number of nitrogens with zero attached hydrogens (tertiary/aromatic N) is 2. The van der Waals surface area contributed by atoms with E-state index in [1.54, 1.807) is 6.26 Å². The molecular formula is C16H15N3O. The Balaban J connectivity index is 1.86. The van der Waals surface area contributed by atoms with E-state index in [4.69, 9.17) is 9.40 Å². The maximum absolute atomic E-state index is 5.61. The van der Waals surface area contributed by atoms with E-state index >= 15 is 0 Å². The highest BCUT2D eigenvalue weighted by atomic mass is 16.3. The molecule has 1 N–H and O–H groups in total. The first-order chi connectivity index (χ1) is 9.81. The summed E-state index contributed by atoms with van der Waals surface area (Å²) in [5.74, 6) is 1.37. The first-order valence-electron chi connectivity index (χ1n) is 6.84. The molecule has 100 valence electrons. The zero-order chi connectivity index (χ0) is 13.5. The Morgan fingerprint density at radius 2 is 2.05 bits per heavy atom. The first kappa shape index (κ1) is 11.6. The van der Waals surface area contributed by atoms with Crippen LogP contribution in [0.4, 0.5) is 0 Å². The molecule has 0 amide bonds. The third kappa shape index (κ3) is 1.80. The molecule has 4 heteroatoms. The average molecular weight is 265 g/mol. The third-order valence-electron chi connectivity index (χ3n) is 3.78. The Morgan fingerprint density at radius 3 is 2.85 bits per heavy atom. The van der Waals surface area contributed by atoms with Crippen molar-refractivity contribution in [2.45, 2.75) is 12.8 Å². The van der Waals surface area contributed by atoms with Crippen molar-refractivity contribution in [1.29, 1.82) is 0 Å². The molecule has 20 heavy (non-hydrogen) atoms. The molecular weight excluding hydrogens is 250 g/mol. The van der Waals surface area contributed by atoms with E-state index in [9.17, 15) is 0 Å². The quantitative estimate of drug-likeness (QED) is 0.774. The molecule has 0 atom stereocenters. The number of aromatic nitrogens is 2. The van der Waals surface area contributed by atoms with Gasteiger partial charge < -0.3 is 9.73 Å². The molecule has 1 saturated heterocycles. The fourth-order valence-corrected chi connectivity index (χ4v) is 2.56. The zero-order valence-electron chi connectivity index (χ0n) is 11.3. The molecule has 0 aliphatic carbocycles. The second-order valence-electron chi connectivity index (χ2n) is 5.25. The molecule has 0 spiro atoms. The fraction of sp³-hybridized carbons (Fsp3) is 0.250. The lowest BCUT2D eigenvalue weighted by atomic mass is 10.0. The predicted octanol–water partition coefficient (Wildman–Crippen LogP) is 2.89.